The number of aliphatic imine (C=N–C) groups is 1. The summed E-state index contributed by atoms with van der Waals surface area (Å²) in [7, 11) is 0. The van der Waals surface area contributed by atoms with E-state index in [0.29, 0.717) is 12.8 Å². The van der Waals surface area contributed by atoms with Crippen LogP contribution < -0.4 is 11.1 Å². The number of anilines is 1. The molecule has 2 aliphatic carbocycles. The van der Waals surface area contributed by atoms with Gasteiger partial charge in [0.05, 0.1) is 6.54 Å². The Bertz CT molecular complexity index is 569. The van der Waals surface area contributed by atoms with Gasteiger partial charge in [-0.05, 0) is 55.4 Å². The summed E-state index contributed by atoms with van der Waals surface area (Å²) in [6, 6.07) is 6.16. The Hall–Kier alpha value is -1.65. The maximum Gasteiger partial charge on any atom is 0.252 e. The summed E-state index contributed by atoms with van der Waals surface area (Å²) in [6.07, 6.45) is 5.39. The number of benzene rings is 1. The third kappa shape index (κ3) is 3.39. The molecule has 0 radical (unpaired) electrons. The summed E-state index contributed by atoms with van der Waals surface area (Å²) < 4.78 is 27.5. The first kappa shape index (κ1) is 15.3. The minimum Gasteiger partial charge on any atom is -0.370 e. The molecule has 0 spiro atoms. The van der Waals surface area contributed by atoms with Crippen LogP contribution >= 0.6 is 0 Å². The Balaban J connectivity index is 1.60. The highest BCUT2D eigenvalue weighted by atomic mass is 19.3. The molecule has 0 amide bonds. The number of rotatable bonds is 3. The molecule has 1 saturated carbocycles. The van der Waals surface area contributed by atoms with Crippen LogP contribution in [0.15, 0.2) is 23.2 Å². The second-order valence-electron chi connectivity index (χ2n) is 6.39. The third-order valence-corrected chi connectivity index (χ3v) is 4.76. The van der Waals surface area contributed by atoms with Gasteiger partial charge in [0.25, 0.3) is 5.92 Å². The van der Waals surface area contributed by atoms with E-state index in [2.05, 4.69) is 22.4 Å². The summed E-state index contributed by atoms with van der Waals surface area (Å²) in [5.74, 6) is -3.06. The Morgan fingerprint density at radius 2 is 2.05 bits per heavy atom. The van der Waals surface area contributed by atoms with Crippen LogP contribution in [0.1, 0.15) is 43.2 Å². The molecule has 22 heavy (non-hydrogen) atoms. The Kier molecular flexibility index (Phi) is 4.32. The second kappa shape index (κ2) is 6.23. The molecule has 5 heteroatoms. The fraction of sp³-hybridized carbons (Fsp3) is 0.588. The Labute approximate surface area is 130 Å². The molecule has 2 aliphatic rings. The molecule has 1 atom stereocenters. The molecule has 3 nitrogen and oxygen atoms in total. The van der Waals surface area contributed by atoms with E-state index in [4.69, 9.17) is 5.73 Å². The standard InChI is InChI=1S/C17H23F2N3/c18-17(19)9-2-1-6-14(17)11-21-16(20)22-15-8-7-12-4-3-5-13(12)10-15/h7-8,10,14H,1-6,9,11H2,(H3,20,21,22). The highest BCUT2D eigenvalue weighted by molar-refractivity contribution is 5.92. The van der Waals surface area contributed by atoms with Crippen LogP contribution in [0.4, 0.5) is 14.5 Å². The number of alkyl halides is 2. The number of guanidine groups is 1. The fourth-order valence-electron chi connectivity index (χ4n) is 3.44. The van der Waals surface area contributed by atoms with Crippen molar-refractivity contribution in [3.8, 4) is 0 Å². The predicted molar refractivity (Wildman–Crippen MR) is 85.5 cm³/mol. The summed E-state index contributed by atoms with van der Waals surface area (Å²) in [6.45, 7) is 0.0940. The van der Waals surface area contributed by atoms with Gasteiger partial charge in [0.2, 0.25) is 0 Å². The molecule has 120 valence electrons. The monoisotopic (exact) mass is 307 g/mol. The van der Waals surface area contributed by atoms with Gasteiger partial charge >= 0.3 is 0 Å². The topological polar surface area (TPSA) is 50.4 Å². The van der Waals surface area contributed by atoms with Crippen LogP contribution in [0.25, 0.3) is 0 Å². The number of nitrogens with two attached hydrogens (primary N) is 1. The van der Waals surface area contributed by atoms with Crippen LogP contribution in [0.3, 0.4) is 0 Å². The average Bonchev–Trinajstić information content (AvgIpc) is 2.93. The molecular weight excluding hydrogens is 284 g/mol. The lowest BCUT2D eigenvalue weighted by molar-refractivity contribution is -0.0814. The van der Waals surface area contributed by atoms with Crippen molar-refractivity contribution in [2.45, 2.75) is 50.9 Å². The Morgan fingerprint density at radius 1 is 1.23 bits per heavy atom. The van der Waals surface area contributed by atoms with Gasteiger partial charge in [-0.2, -0.15) is 0 Å². The molecule has 3 N–H and O–H groups in total. The van der Waals surface area contributed by atoms with Gasteiger partial charge in [-0.25, -0.2) is 8.78 Å². The SMILES string of the molecule is NC(=NCC1CCCCC1(F)F)Nc1ccc2c(c1)CCC2. The maximum atomic E-state index is 13.8. The highest BCUT2D eigenvalue weighted by Crippen LogP contribution is 2.38. The van der Waals surface area contributed by atoms with Crippen LogP contribution in [-0.4, -0.2) is 18.4 Å². The van der Waals surface area contributed by atoms with Gasteiger partial charge in [0, 0.05) is 18.0 Å². The second-order valence-corrected chi connectivity index (χ2v) is 6.39. The number of nitrogens with one attached hydrogen (secondary N) is 1. The van der Waals surface area contributed by atoms with Crippen LogP contribution in [-0.2, 0) is 12.8 Å². The van der Waals surface area contributed by atoms with Gasteiger partial charge in [0.15, 0.2) is 5.96 Å². The van der Waals surface area contributed by atoms with Gasteiger partial charge in [0.1, 0.15) is 0 Å². The molecular formula is C17H23F2N3. The number of hydrogen-bond donors (Lipinski definition) is 2. The van der Waals surface area contributed by atoms with Crippen molar-refractivity contribution in [3.63, 3.8) is 0 Å². The first-order valence-corrected chi connectivity index (χ1v) is 8.11. The van der Waals surface area contributed by atoms with Crippen molar-refractivity contribution in [1.29, 1.82) is 0 Å². The first-order valence-electron chi connectivity index (χ1n) is 8.11. The number of halogens is 2. The van der Waals surface area contributed by atoms with Crippen molar-refractivity contribution in [2.75, 3.05) is 11.9 Å². The van der Waals surface area contributed by atoms with E-state index in [-0.39, 0.29) is 18.9 Å². The van der Waals surface area contributed by atoms with E-state index in [9.17, 15) is 8.78 Å². The van der Waals surface area contributed by atoms with E-state index in [1.54, 1.807) is 0 Å². The number of fused-ring (bicyclic) bond motifs is 1. The molecule has 1 aromatic carbocycles. The zero-order valence-corrected chi connectivity index (χ0v) is 12.7. The zero-order valence-electron chi connectivity index (χ0n) is 12.7. The van der Waals surface area contributed by atoms with Crippen molar-refractivity contribution >= 4 is 11.6 Å². The highest BCUT2D eigenvalue weighted by Gasteiger charge is 2.40. The minimum atomic E-state index is -2.60. The third-order valence-electron chi connectivity index (χ3n) is 4.76. The normalized spacial score (nSPS) is 24.1. The summed E-state index contributed by atoms with van der Waals surface area (Å²) in [5.41, 5.74) is 9.47. The number of nitrogens with zero attached hydrogens (tertiary/aromatic N) is 1. The van der Waals surface area contributed by atoms with Crippen LogP contribution in [0.2, 0.25) is 0 Å². The lowest BCUT2D eigenvalue weighted by Crippen LogP contribution is -2.35. The molecule has 3 rings (SSSR count). The summed E-state index contributed by atoms with van der Waals surface area (Å²) >= 11 is 0. The lowest BCUT2D eigenvalue weighted by Gasteiger charge is -2.30. The summed E-state index contributed by atoms with van der Waals surface area (Å²) in [4.78, 5) is 4.14. The maximum absolute atomic E-state index is 13.8. The molecule has 1 fully saturated rings. The fourth-order valence-corrected chi connectivity index (χ4v) is 3.44. The quantitative estimate of drug-likeness (QED) is 0.660. The minimum absolute atomic E-state index is 0.0225. The van der Waals surface area contributed by atoms with Crippen molar-refractivity contribution in [2.24, 2.45) is 16.6 Å². The zero-order chi connectivity index (χ0) is 15.6. The van der Waals surface area contributed by atoms with Gasteiger partial charge in [-0.15, -0.1) is 0 Å². The average molecular weight is 307 g/mol. The molecule has 0 aromatic heterocycles. The molecule has 0 bridgehead atoms. The number of aryl methyl sites for hydroxylation is 2. The number of hydrogen-bond acceptors (Lipinski definition) is 1. The smallest absolute Gasteiger partial charge is 0.252 e. The lowest BCUT2D eigenvalue weighted by atomic mass is 9.86. The van der Waals surface area contributed by atoms with Gasteiger partial charge in [-0.1, -0.05) is 12.5 Å². The van der Waals surface area contributed by atoms with Crippen LogP contribution in [0.5, 0.6) is 0 Å². The van der Waals surface area contributed by atoms with Gasteiger partial charge in [-0.3, -0.25) is 4.99 Å². The Morgan fingerprint density at radius 3 is 2.86 bits per heavy atom. The summed E-state index contributed by atoms with van der Waals surface area (Å²) in [5, 5.41) is 3.02. The molecule has 1 aromatic rings. The molecule has 0 heterocycles. The van der Waals surface area contributed by atoms with Crippen molar-refractivity contribution in [1.82, 2.24) is 0 Å². The van der Waals surface area contributed by atoms with E-state index < -0.39 is 11.8 Å². The molecule has 1 unspecified atom stereocenters. The first-order chi connectivity index (χ1) is 10.5. The van der Waals surface area contributed by atoms with E-state index >= 15 is 0 Å². The van der Waals surface area contributed by atoms with E-state index in [0.717, 1.165) is 24.9 Å². The van der Waals surface area contributed by atoms with Crippen molar-refractivity contribution in [3.05, 3.63) is 29.3 Å². The van der Waals surface area contributed by atoms with Gasteiger partial charge < -0.3 is 11.1 Å². The molecule has 0 aliphatic heterocycles. The predicted octanol–water partition coefficient (Wildman–Crippen LogP) is 3.73. The van der Waals surface area contributed by atoms with Crippen LogP contribution in [0, 0.1) is 5.92 Å². The molecule has 0 saturated heterocycles. The largest absolute Gasteiger partial charge is 0.370 e. The van der Waals surface area contributed by atoms with E-state index in [1.807, 2.05) is 6.07 Å². The van der Waals surface area contributed by atoms with E-state index in [1.165, 1.54) is 17.5 Å². The van der Waals surface area contributed by atoms with Crippen molar-refractivity contribution < 1.29 is 8.78 Å².